The Balaban J connectivity index is 2.12. The van der Waals surface area contributed by atoms with Crippen LogP contribution in [0.1, 0.15) is 5.56 Å². The van der Waals surface area contributed by atoms with Gasteiger partial charge in [0.1, 0.15) is 0 Å². The van der Waals surface area contributed by atoms with Gasteiger partial charge in [0.05, 0.1) is 5.69 Å². The van der Waals surface area contributed by atoms with Gasteiger partial charge in [-0.15, -0.1) is 0 Å². The maximum atomic E-state index is 11.8. The smallest absolute Gasteiger partial charge is 0.248 e. The Labute approximate surface area is 131 Å². The van der Waals surface area contributed by atoms with Gasteiger partial charge in [0, 0.05) is 27.9 Å². The number of nitrogens with zero attached hydrogens (tertiary/aromatic N) is 1. The quantitative estimate of drug-likeness (QED) is 0.656. The van der Waals surface area contributed by atoms with Crippen LogP contribution in [0.15, 0.2) is 42.6 Å². The Bertz CT molecular complexity index is 651. The van der Waals surface area contributed by atoms with E-state index in [-0.39, 0.29) is 11.1 Å². The van der Waals surface area contributed by atoms with E-state index in [1.54, 1.807) is 36.4 Å². The van der Waals surface area contributed by atoms with Crippen LogP contribution in [-0.2, 0) is 4.79 Å². The summed E-state index contributed by atoms with van der Waals surface area (Å²) < 4.78 is 0. The number of amides is 1. The molecule has 102 valence electrons. The van der Waals surface area contributed by atoms with E-state index >= 15 is 0 Å². The predicted octanol–water partition coefficient (Wildman–Crippen LogP) is 4.69. The number of pyridine rings is 1. The first-order valence-corrected chi connectivity index (χ1v) is 6.75. The van der Waals surface area contributed by atoms with Crippen LogP contribution >= 0.6 is 34.8 Å². The molecule has 0 bridgehead atoms. The van der Waals surface area contributed by atoms with Crippen LogP contribution in [0.25, 0.3) is 6.08 Å². The number of hydrogen-bond donors (Lipinski definition) is 1. The van der Waals surface area contributed by atoms with Gasteiger partial charge in [-0.25, -0.2) is 4.98 Å². The number of carbonyl (C=O) groups is 1. The Hall–Kier alpha value is -1.55. The number of nitrogens with one attached hydrogen (secondary N) is 1. The molecule has 1 heterocycles. The second kappa shape index (κ2) is 6.75. The first-order chi connectivity index (χ1) is 9.58. The summed E-state index contributed by atoms with van der Waals surface area (Å²) >= 11 is 17.8. The van der Waals surface area contributed by atoms with Gasteiger partial charge in [-0.1, -0.05) is 40.9 Å². The fraction of sp³-hybridized carbons (Fsp3) is 0. The summed E-state index contributed by atoms with van der Waals surface area (Å²) in [4.78, 5) is 15.7. The number of rotatable bonds is 3. The van der Waals surface area contributed by atoms with Crippen molar-refractivity contribution in [3.05, 3.63) is 63.4 Å². The van der Waals surface area contributed by atoms with Crippen LogP contribution in [0.3, 0.4) is 0 Å². The third-order valence-electron chi connectivity index (χ3n) is 2.42. The van der Waals surface area contributed by atoms with E-state index < -0.39 is 0 Å². The Morgan fingerprint density at radius 1 is 1.10 bits per heavy atom. The highest BCUT2D eigenvalue weighted by Crippen LogP contribution is 2.25. The maximum Gasteiger partial charge on any atom is 0.248 e. The fourth-order valence-electron chi connectivity index (χ4n) is 1.48. The molecule has 0 radical (unpaired) electrons. The van der Waals surface area contributed by atoms with Crippen molar-refractivity contribution in [1.82, 2.24) is 4.98 Å². The third kappa shape index (κ3) is 3.73. The normalized spacial score (nSPS) is 10.8. The number of anilines is 1. The molecule has 1 aromatic carbocycles. The molecule has 0 aliphatic rings. The Kier molecular flexibility index (Phi) is 5.01. The van der Waals surface area contributed by atoms with Crippen LogP contribution in [0.2, 0.25) is 15.2 Å². The molecule has 1 amide bonds. The van der Waals surface area contributed by atoms with Gasteiger partial charge in [0.25, 0.3) is 0 Å². The van der Waals surface area contributed by atoms with Crippen molar-refractivity contribution in [2.45, 2.75) is 0 Å². The number of hydrogen-bond acceptors (Lipinski definition) is 2. The van der Waals surface area contributed by atoms with Crippen molar-refractivity contribution >= 4 is 52.5 Å². The summed E-state index contributed by atoms with van der Waals surface area (Å²) in [7, 11) is 0. The average molecular weight is 328 g/mol. The van der Waals surface area contributed by atoms with E-state index in [4.69, 9.17) is 34.8 Å². The van der Waals surface area contributed by atoms with E-state index in [9.17, 15) is 4.79 Å². The largest absolute Gasteiger partial charge is 0.320 e. The zero-order valence-electron chi connectivity index (χ0n) is 10.1. The molecule has 20 heavy (non-hydrogen) atoms. The van der Waals surface area contributed by atoms with Crippen LogP contribution in [0, 0.1) is 0 Å². The monoisotopic (exact) mass is 326 g/mol. The van der Waals surface area contributed by atoms with Crippen LogP contribution < -0.4 is 5.32 Å². The lowest BCUT2D eigenvalue weighted by molar-refractivity contribution is -0.111. The Morgan fingerprint density at radius 2 is 1.80 bits per heavy atom. The molecular weight excluding hydrogens is 319 g/mol. The first kappa shape index (κ1) is 14.9. The summed E-state index contributed by atoms with van der Waals surface area (Å²) in [6.07, 6.45) is 4.41. The topological polar surface area (TPSA) is 42.0 Å². The first-order valence-electron chi connectivity index (χ1n) is 5.61. The van der Waals surface area contributed by atoms with Gasteiger partial charge in [-0.05, 0) is 30.3 Å². The number of aromatic nitrogens is 1. The molecule has 0 unspecified atom stereocenters. The zero-order chi connectivity index (χ0) is 14.5. The molecule has 3 nitrogen and oxygen atoms in total. The number of benzene rings is 1. The van der Waals surface area contributed by atoms with Crippen LogP contribution in [0.4, 0.5) is 5.69 Å². The van der Waals surface area contributed by atoms with E-state index in [1.165, 1.54) is 12.3 Å². The minimum absolute atomic E-state index is 0.227. The number of halogens is 3. The minimum Gasteiger partial charge on any atom is -0.320 e. The van der Waals surface area contributed by atoms with Crippen molar-refractivity contribution in [1.29, 1.82) is 0 Å². The summed E-state index contributed by atoms with van der Waals surface area (Å²) in [5, 5.41) is 3.79. The molecule has 0 saturated carbocycles. The lowest BCUT2D eigenvalue weighted by Crippen LogP contribution is -2.08. The summed E-state index contributed by atoms with van der Waals surface area (Å²) in [5.41, 5.74) is 1.03. The van der Waals surface area contributed by atoms with Crippen LogP contribution in [-0.4, -0.2) is 10.9 Å². The van der Waals surface area contributed by atoms with E-state index in [2.05, 4.69) is 10.3 Å². The van der Waals surface area contributed by atoms with E-state index in [0.29, 0.717) is 21.3 Å². The second-order valence-corrected chi connectivity index (χ2v) is 4.97. The molecule has 6 heteroatoms. The van der Waals surface area contributed by atoms with Crippen LogP contribution in [0.5, 0.6) is 0 Å². The van der Waals surface area contributed by atoms with Gasteiger partial charge in [-0.2, -0.15) is 0 Å². The zero-order valence-corrected chi connectivity index (χ0v) is 12.4. The predicted molar refractivity (Wildman–Crippen MR) is 83.4 cm³/mol. The van der Waals surface area contributed by atoms with Crippen molar-refractivity contribution in [2.24, 2.45) is 0 Å². The third-order valence-corrected chi connectivity index (χ3v) is 3.38. The van der Waals surface area contributed by atoms with E-state index in [1.807, 2.05) is 0 Å². The molecule has 0 aliphatic heterocycles. The fourth-order valence-corrected chi connectivity index (χ4v) is 2.17. The highest BCUT2D eigenvalue weighted by molar-refractivity contribution is 6.37. The standard InChI is InChI=1S/C14H9Cl3N2O/c15-10-3-1-4-11(16)9(10)6-7-13(20)19-12-5-2-8-18-14(12)17/h1-8H,(H,19,20)/b7-6+. The van der Waals surface area contributed by atoms with Gasteiger partial charge >= 0.3 is 0 Å². The lowest BCUT2D eigenvalue weighted by atomic mass is 10.2. The highest BCUT2D eigenvalue weighted by atomic mass is 35.5. The van der Waals surface area contributed by atoms with Gasteiger partial charge in [-0.3, -0.25) is 4.79 Å². The SMILES string of the molecule is O=C(/C=C/c1c(Cl)cccc1Cl)Nc1cccnc1Cl. The molecule has 1 aromatic heterocycles. The van der Waals surface area contributed by atoms with Crippen molar-refractivity contribution in [3.63, 3.8) is 0 Å². The molecule has 2 rings (SSSR count). The van der Waals surface area contributed by atoms with Crippen molar-refractivity contribution < 1.29 is 4.79 Å². The average Bonchev–Trinajstić information content (AvgIpc) is 2.41. The summed E-state index contributed by atoms with van der Waals surface area (Å²) in [6, 6.07) is 8.46. The molecule has 0 aliphatic carbocycles. The summed E-state index contributed by atoms with van der Waals surface area (Å²) in [6.45, 7) is 0. The second-order valence-electron chi connectivity index (χ2n) is 3.80. The molecule has 0 saturated heterocycles. The molecule has 1 N–H and O–H groups in total. The van der Waals surface area contributed by atoms with Gasteiger partial charge < -0.3 is 5.32 Å². The maximum absolute atomic E-state index is 11.8. The van der Waals surface area contributed by atoms with Crippen molar-refractivity contribution in [3.8, 4) is 0 Å². The molecule has 0 fully saturated rings. The molecule has 0 atom stereocenters. The highest BCUT2D eigenvalue weighted by Gasteiger charge is 2.05. The number of carbonyl (C=O) groups excluding carboxylic acids is 1. The molecular formula is C14H9Cl3N2O. The van der Waals surface area contributed by atoms with E-state index in [0.717, 1.165) is 0 Å². The minimum atomic E-state index is -0.351. The van der Waals surface area contributed by atoms with Gasteiger partial charge in [0.15, 0.2) is 5.15 Å². The molecule has 0 spiro atoms. The Morgan fingerprint density at radius 3 is 2.45 bits per heavy atom. The molecule has 2 aromatic rings. The lowest BCUT2D eigenvalue weighted by Gasteiger charge is -2.04. The van der Waals surface area contributed by atoms with Gasteiger partial charge in [0.2, 0.25) is 5.91 Å². The van der Waals surface area contributed by atoms with Crippen molar-refractivity contribution in [2.75, 3.05) is 5.32 Å². The summed E-state index contributed by atoms with van der Waals surface area (Å²) in [5.74, 6) is -0.351.